The Morgan fingerprint density at radius 3 is 2.60 bits per heavy atom. The number of fused-ring (bicyclic) bond motifs is 1. The van der Waals surface area contributed by atoms with Crippen LogP contribution in [0.5, 0.6) is 5.75 Å². The summed E-state index contributed by atoms with van der Waals surface area (Å²) in [5.41, 5.74) is -3.98. The molecule has 9 heteroatoms. The molecule has 0 bridgehead atoms. The molecule has 1 fully saturated rings. The second kappa shape index (κ2) is 6.80. The fraction of sp³-hybridized carbons (Fsp3) is 0.438. The van der Waals surface area contributed by atoms with Crippen molar-refractivity contribution in [3.63, 3.8) is 0 Å². The van der Waals surface area contributed by atoms with E-state index in [-0.39, 0.29) is 0 Å². The van der Waals surface area contributed by atoms with Crippen LogP contribution in [0, 0.1) is 5.92 Å². The van der Waals surface area contributed by atoms with Gasteiger partial charge in [-0.15, -0.1) is 0 Å². The topological polar surface area (TPSA) is 65.5 Å². The summed E-state index contributed by atoms with van der Waals surface area (Å²) < 4.78 is 69.0. The minimum Gasteiger partial charge on any atom is -0.381 e. The van der Waals surface area contributed by atoms with Gasteiger partial charge >= 0.3 is 15.6 Å². The molecule has 1 aliphatic rings. The Morgan fingerprint density at radius 1 is 1.20 bits per heavy atom. The molecule has 2 aromatic rings. The molecular weight excluding hydrogens is 359 g/mol. The van der Waals surface area contributed by atoms with Crippen molar-refractivity contribution >= 4 is 21.0 Å². The second-order valence-electron chi connectivity index (χ2n) is 5.94. The third-order valence-electron chi connectivity index (χ3n) is 4.06. The first-order valence-electron chi connectivity index (χ1n) is 7.72. The standard InChI is InChI=1S/C16H16F3NO4S/c17-16(18,19)25(21,22)24-14-1-2-15-13(9-14)8-12(10-20-15)7-11-3-5-23-6-4-11/h1-2,8-11H,3-7H2. The number of aromatic nitrogens is 1. The third-order valence-corrected chi connectivity index (χ3v) is 5.04. The summed E-state index contributed by atoms with van der Waals surface area (Å²) in [6.07, 6.45) is 4.42. The Balaban J connectivity index is 1.83. The second-order valence-corrected chi connectivity index (χ2v) is 7.48. The summed E-state index contributed by atoms with van der Waals surface area (Å²) in [4.78, 5) is 4.27. The lowest BCUT2D eigenvalue weighted by molar-refractivity contribution is -0.0500. The Labute approximate surface area is 142 Å². The van der Waals surface area contributed by atoms with Crippen LogP contribution in [0.15, 0.2) is 30.5 Å². The van der Waals surface area contributed by atoms with Crippen LogP contribution in [0.25, 0.3) is 10.9 Å². The Bertz CT molecular complexity index is 861. The van der Waals surface area contributed by atoms with E-state index in [2.05, 4.69) is 9.17 Å². The van der Waals surface area contributed by atoms with Crippen molar-refractivity contribution in [2.75, 3.05) is 13.2 Å². The Hall–Kier alpha value is -1.87. The van der Waals surface area contributed by atoms with Gasteiger partial charge in [-0.1, -0.05) is 0 Å². The lowest BCUT2D eigenvalue weighted by Crippen LogP contribution is -2.28. The highest BCUT2D eigenvalue weighted by molar-refractivity contribution is 7.88. The number of hydrogen-bond acceptors (Lipinski definition) is 5. The van der Waals surface area contributed by atoms with Crippen LogP contribution in [-0.2, 0) is 21.3 Å². The van der Waals surface area contributed by atoms with Crippen LogP contribution < -0.4 is 4.18 Å². The molecule has 0 amide bonds. The molecule has 2 heterocycles. The first-order valence-corrected chi connectivity index (χ1v) is 9.12. The van der Waals surface area contributed by atoms with E-state index in [0.29, 0.717) is 16.8 Å². The van der Waals surface area contributed by atoms with Crippen LogP contribution in [0.3, 0.4) is 0 Å². The first kappa shape index (κ1) is 17.9. The molecule has 0 atom stereocenters. The van der Waals surface area contributed by atoms with Crippen molar-refractivity contribution in [3.8, 4) is 5.75 Å². The van der Waals surface area contributed by atoms with Crippen molar-refractivity contribution in [1.82, 2.24) is 4.98 Å². The fourth-order valence-corrected chi connectivity index (χ4v) is 3.23. The van der Waals surface area contributed by atoms with E-state index in [9.17, 15) is 21.6 Å². The molecule has 0 spiro atoms. The quantitative estimate of drug-likeness (QED) is 0.605. The van der Waals surface area contributed by atoms with Crippen molar-refractivity contribution in [2.24, 2.45) is 5.92 Å². The van der Waals surface area contributed by atoms with E-state index < -0.39 is 21.4 Å². The lowest BCUT2D eigenvalue weighted by atomic mass is 9.93. The van der Waals surface area contributed by atoms with Gasteiger partial charge in [0.25, 0.3) is 0 Å². The van der Waals surface area contributed by atoms with E-state index >= 15 is 0 Å². The van der Waals surface area contributed by atoms with E-state index in [0.717, 1.165) is 44.1 Å². The van der Waals surface area contributed by atoms with Crippen LogP contribution in [0.4, 0.5) is 13.2 Å². The monoisotopic (exact) mass is 375 g/mol. The normalized spacial score (nSPS) is 16.9. The number of nitrogens with zero attached hydrogens (tertiary/aromatic N) is 1. The number of rotatable bonds is 4. The number of alkyl halides is 3. The average molecular weight is 375 g/mol. The lowest BCUT2D eigenvalue weighted by Gasteiger charge is -2.21. The van der Waals surface area contributed by atoms with Gasteiger partial charge in [-0.3, -0.25) is 4.98 Å². The summed E-state index contributed by atoms with van der Waals surface area (Å²) in [5, 5.41) is 0.527. The van der Waals surface area contributed by atoms with Gasteiger partial charge in [0.15, 0.2) is 0 Å². The number of hydrogen-bond donors (Lipinski definition) is 0. The molecule has 0 N–H and O–H groups in total. The average Bonchev–Trinajstić information content (AvgIpc) is 2.54. The van der Waals surface area contributed by atoms with Crippen molar-refractivity contribution in [1.29, 1.82) is 0 Å². The molecule has 0 radical (unpaired) electrons. The summed E-state index contributed by atoms with van der Waals surface area (Å²) >= 11 is 0. The fourth-order valence-electron chi connectivity index (χ4n) is 2.78. The highest BCUT2D eigenvalue weighted by Gasteiger charge is 2.48. The molecule has 1 aliphatic heterocycles. The Kier molecular flexibility index (Phi) is 4.88. The van der Waals surface area contributed by atoms with E-state index in [1.165, 1.54) is 12.1 Å². The van der Waals surface area contributed by atoms with Gasteiger partial charge < -0.3 is 8.92 Å². The van der Waals surface area contributed by atoms with Gasteiger partial charge in [0.05, 0.1) is 5.52 Å². The summed E-state index contributed by atoms with van der Waals surface area (Å²) in [7, 11) is -5.69. The van der Waals surface area contributed by atoms with E-state index in [4.69, 9.17) is 4.74 Å². The molecule has 1 aromatic heterocycles. The van der Waals surface area contributed by atoms with Crippen molar-refractivity contribution in [2.45, 2.75) is 24.8 Å². The van der Waals surface area contributed by atoms with Crippen LogP contribution >= 0.6 is 0 Å². The molecule has 1 saturated heterocycles. The predicted molar refractivity (Wildman–Crippen MR) is 84.6 cm³/mol. The smallest absolute Gasteiger partial charge is 0.381 e. The van der Waals surface area contributed by atoms with Crippen molar-refractivity contribution in [3.05, 3.63) is 36.0 Å². The van der Waals surface area contributed by atoms with Gasteiger partial charge in [0.1, 0.15) is 5.75 Å². The van der Waals surface area contributed by atoms with Gasteiger partial charge in [-0.25, -0.2) is 0 Å². The van der Waals surface area contributed by atoms with E-state index in [1.54, 1.807) is 12.3 Å². The molecule has 3 rings (SSSR count). The number of benzene rings is 1. The minimum absolute atomic E-state index is 0.394. The zero-order valence-corrected chi connectivity index (χ0v) is 13.9. The third kappa shape index (κ3) is 4.21. The maximum absolute atomic E-state index is 12.4. The number of pyridine rings is 1. The zero-order valence-electron chi connectivity index (χ0n) is 13.1. The van der Waals surface area contributed by atoms with Gasteiger partial charge in [-0.2, -0.15) is 21.6 Å². The van der Waals surface area contributed by atoms with Crippen LogP contribution in [-0.4, -0.2) is 32.1 Å². The summed E-state index contributed by atoms with van der Waals surface area (Å²) in [6.45, 7) is 1.44. The predicted octanol–water partition coefficient (Wildman–Crippen LogP) is 3.43. The highest BCUT2D eigenvalue weighted by Crippen LogP contribution is 2.29. The maximum atomic E-state index is 12.4. The van der Waals surface area contributed by atoms with Crippen LogP contribution in [0.2, 0.25) is 0 Å². The zero-order chi connectivity index (χ0) is 18.1. The first-order chi connectivity index (χ1) is 11.7. The molecule has 0 aliphatic carbocycles. The Morgan fingerprint density at radius 2 is 1.92 bits per heavy atom. The maximum Gasteiger partial charge on any atom is 0.534 e. The minimum atomic E-state index is -5.69. The van der Waals surface area contributed by atoms with Crippen LogP contribution in [0.1, 0.15) is 18.4 Å². The largest absolute Gasteiger partial charge is 0.534 e. The molecule has 5 nitrogen and oxygen atoms in total. The highest BCUT2D eigenvalue weighted by atomic mass is 32.2. The molecule has 25 heavy (non-hydrogen) atoms. The number of ether oxygens (including phenoxy) is 1. The van der Waals surface area contributed by atoms with Crippen molar-refractivity contribution < 1.29 is 30.5 Å². The molecule has 1 aromatic carbocycles. The molecule has 0 unspecified atom stereocenters. The summed E-state index contributed by atoms with van der Waals surface area (Å²) in [6, 6.07) is 5.62. The van der Waals surface area contributed by atoms with Gasteiger partial charge in [0, 0.05) is 24.8 Å². The summed E-state index contributed by atoms with van der Waals surface area (Å²) in [5.74, 6) is 0.0767. The SMILES string of the molecule is O=S(=O)(Oc1ccc2ncc(CC3CCOCC3)cc2c1)C(F)(F)F. The molecular formula is C16H16F3NO4S. The van der Waals surface area contributed by atoms with Gasteiger partial charge in [-0.05, 0) is 55.0 Å². The van der Waals surface area contributed by atoms with E-state index in [1.807, 2.05) is 0 Å². The molecule has 0 saturated carbocycles. The van der Waals surface area contributed by atoms with Gasteiger partial charge in [0.2, 0.25) is 0 Å². The molecule has 136 valence electrons. The number of halogens is 3.